The Hall–Kier alpha value is -0.120. The van der Waals surface area contributed by atoms with Crippen LogP contribution in [-0.2, 0) is 0 Å². The Bertz CT molecular complexity index is 214. The van der Waals surface area contributed by atoms with Crippen LogP contribution >= 0.6 is 0 Å². The lowest BCUT2D eigenvalue weighted by Crippen LogP contribution is -2.54. The van der Waals surface area contributed by atoms with E-state index in [1.165, 1.54) is 32.1 Å². The van der Waals surface area contributed by atoms with Gasteiger partial charge >= 0.3 is 0 Å². The standard InChI is InChI=1S/C14H29NO2/c1-11(2)7-12-5-4-6-13(8-12)15-14(3,9-16)10-17/h11-13,15-17H,4-10H2,1-3H3. The third-order valence-electron chi connectivity index (χ3n) is 3.84. The molecule has 0 aromatic rings. The molecule has 3 heteroatoms. The molecule has 0 amide bonds. The molecule has 0 aliphatic heterocycles. The van der Waals surface area contributed by atoms with Gasteiger partial charge in [0.05, 0.1) is 18.8 Å². The van der Waals surface area contributed by atoms with E-state index in [0.29, 0.717) is 6.04 Å². The third-order valence-corrected chi connectivity index (χ3v) is 3.84. The summed E-state index contributed by atoms with van der Waals surface area (Å²) in [4.78, 5) is 0. The van der Waals surface area contributed by atoms with Gasteiger partial charge in [0.25, 0.3) is 0 Å². The molecule has 102 valence electrons. The molecule has 1 aliphatic rings. The van der Waals surface area contributed by atoms with Crippen molar-refractivity contribution < 1.29 is 10.2 Å². The van der Waals surface area contributed by atoms with Gasteiger partial charge in [-0.3, -0.25) is 0 Å². The minimum atomic E-state index is -0.523. The van der Waals surface area contributed by atoms with Gasteiger partial charge in [0.1, 0.15) is 0 Å². The molecule has 1 rings (SSSR count). The van der Waals surface area contributed by atoms with Gasteiger partial charge in [0, 0.05) is 6.04 Å². The fraction of sp³-hybridized carbons (Fsp3) is 1.00. The van der Waals surface area contributed by atoms with Crippen LogP contribution in [0.5, 0.6) is 0 Å². The SMILES string of the molecule is CC(C)CC1CCCC(NC(C)(CO)CO)C1. The van der Waals surface area contributed by atoms with E-state index < -0.39 is 5.54 Å². The molecule has 3 N–H and O–H groups in total. The highest BCUT2D eigenvalue weighted by molar-refractivity contribution is 4.88. The van der Waals surface area contributed by atoms with Gasteiger partial charge in [-0.15, -0.1) is 0 Å². The van der Waals surface area contributed by atoms with E-state index in [2.05, 4.69) is 19.2 Å². The van der Waals surface area contributed by atoms with E-state index >= 15 is 0 Å². The van der Waals surface area contributed by atoms with Crippen LogP contribution in [0.2, 0.25) is 0 Å². The Balaban J connectivity index is 2.44. The highest BCUT2D eigenvalue weighted by Gasteiger charge is 2.29. The summed E-state index contributed by atoms with van der Waals surface area (Å²) < 4.78 is 0. The summed E-state index contributed by atoms with van der Waals surface area (Å²) in [7, 11) is 0. The first kappa shape index (κ1) is 14.9. The first-order valence-electron chi connectivity index (χ1n) is 6.98. The summed E-state index contributed by atoms with van der Waals surface area (Å²) in [5.74, 6) is 1.57. The van der Waals surface area contributed by atoms with E-state index in [4.69, 9.17) is 0 Å². The molecule has 0 aromatic carbocycles. The molecular weight excluding hydrogens is 214 g/mol. The normalized spacial score (nSPS) is 26.5. The van der Waals surface area contributed by atoms with Gasteiger partial charge in [-0.25, -0.2) is 0 Å². The minimum Gasteiger partial charge on any atom is -0.394 e. The van der Waals surface area contributed by atoms with Crippen LogP contribution < -0.4 is 5.32 Å². The van der Waals surface area contributed by atoms with Crippen molar-refractivity contribution in [2.24, 2.45) is 11.8 Å². The number of nitrogens with one attached hydrogen (secondary N) is 1. The summed E-state index contributed by atoms with van der Waals surface area (Å²) in [5, 5.41) is 22.0. The lowest BCUT2D eigenvalue weighted by atomic mass is 9.80. The van der Waals surface area contributed by atoms with Crippen molar-refractivity contribution >= 4 is 0 Å². The Morgan fingerprint density at radius 2 is 1.88 bits per heavy atom. The molecule has 0 aromatic heterocycles. The molecule has 0 bridgehead atoms. The molecule has 0 heterocycles. The molecule has 1 saturated carbocycles. The number of hydrogen-bond donors (Lipinski definition) is 3. The summed E-state index contributed by atoms with van der Waals surface area (Å²) >= 11 is 0. The molecule has 2 atom stereocenters. The van der Waals surface area contributed by atoms with Gasteiger partial charge in [0.15, 0.2) is 0 Å². The molecule has 0 radical (unpaired) electrons. The van der Waals surface area contributed by atoms with Crippen molar-refractivity contribution in [1.82, 2.24) is 5.32 Å². The second kappa shape index (κ2) is 6.72. The Morgan fingerprint density at radius 1 is 1.24 bits per heavy atom. The van der Waals surface area contributed by atoms with Crippen molar-refractivity contribution in [2.45, 2.75) is 64.5 Å². The van der Waals surface area contributed by atoms with Gasteiger partial charge in [-0.2, -0.15) is 0 Å². The first-order chi connectivity index (χ1) is 7.99. The fourth-order valence-electron chi connectivity index (χ4n) is 2.94. The Morgan fingerprint density at radius 3 is 2.41 bits per heavy atom. The maximum Gasteiger partial charge on any atom is 0.0633 e. The average molecular weight is 243 g/mol. The largest absolute Gasteiger partial charge is 0.394 e. The molecule has 3 nitrogen and oxygen atoms in total. The van der Waals surface area contributed by atoms with Gasteiger partial charge in [0.2, 0.25) is 0 Å². The second-order valence-corrected chi connectivity index (χ2v) is 6.38. The van der Waals surface area contributed by atoms with Crippen LogP contribution in [0.3, 0.4) is 0 Å². The topological polar surface area (TPSA) is 52.5 Å². The minimum absolute atomic E-state index is 0.00511. The molecule has 1 aliphatic carbocycles. The van der Waals surface area contributed by atoms with Crippen LogP contribution in [0.15, 0.2) is 0 Å². The van der Waals surface area contributed by atoms with E-state index in [0.717, 1.165) is 11.8 Å². The summed E-state index contributed by atoms with van der Waals surface area (Å²) in [6, 6.07) is 0.455. The van der Waals surface area contributed by atoms with Crippen molar-refractivity contribution in [1.29, 1.82) is 0 Å². The van der Waals surface area contributed by atoms with Crippen LogP contribution in [0.1, 0.15) is 52.9 Å². The smallest absolute Gasteiger partial charge is 0.0633 e. The monoisotopic (exact) mass is 243 g/mol. The van der Waals surface area contributed by atoms with Gasteiger partial charge < -0.3 is 15.5 Å². The number of rotatable bonds is 6. The van der Waals surface area contributed by atoms with Crippen molar-refractivity contribution in [3.63, 3.8) is 0 Å². The van der Waals surface area contributed by atoms with E-state index in [1.807, 2.05) is 6.92 Å². The summed E-state index contributed by atoms with van der Waals surface area (Å²) in [6.07, 6.45) is 6.26. The zero-order valence-corrected chi connectivity index (χ0v) is 11.6. The molecular formula is C14H29NO2. The van der Waals surface area contributed by atoms with Crippen molar-refractivity contribution in [3.8, 4) is 0 Å². The summed E-state index contributed by atoms with van der Waals surface area (Å²) in [5.41, 5.74) is -0.523. The lowest BCUT2D eigenvalue weighted by molar-refractivity contribution is 0.0824. The van der Waals surface area contributed by atoms with E-state index in [-0.39, 0.29) is 13.2 Å². The van der Waals surface area contributed by atoms with Crippen LogP contribution in [0.25, 0.3) is 0 Å². The zero-order chi connectivity index (χ0) is 12.9. The van der Waals surface area contributed by atoms with E-state index in [1.54, 1.807) is 0 Å². The third kappa shape index (κ3) is 4.94. The molecule has 0 saturated heterocycles. The van der Waals surface area contributed by atoms with Gasteiger partial charge in [-0.1, -0.05) is 26.7 Å². The predicted molar refractivity (Wildman–Crippen MR) is 70.9 cm³/mol. The summed E-state index contributed by atoms with van der Waals surface area (Å²) in [6.45, 7) is 6.44. The molecule has 1 fully saturated rings. The second-order valence-electron chi connectivity index (χ2n) is 6.38. The lowest BCUT2D eigenvalue weighted by Gasteiger charge is -2.37. The highest BCUT2D eigenvalue weighted by atomic mass is 16.3. The van der Waals surface area contributed by atoms with Gasteiger partial charge in [-0.05, 0) is 38.0 Å². The Kier molecular flexibility index (Phi) is 5.90. The van der Waals surface area contributed by atoms with Crippen molar-refractivity contribution in [2.75, 3.05) is 13.2 Å². The van der Waals surface area contributed by atoms with Crippen LogP contribution in [-0.4, -0.2) is 35.0 Å². The maximum atomic E-state index is 9.30. The first-order valence-corrected chi connectivity index (χ1v) is 6.98. The molecule has 2 unspecified atom stereocenters. The highest BCUT2D eigenvalue weighted by Crippen LogP contribution is 2.30. The Labute approximate surface area is 106 Å². The molecule has 0 spiro atoms. The zero-order valence-electron chi connectivity index (χ0n) is 11.6. The van der Waals surface area contributed by atoms with Crippen molar-refractivity contribution in [3.05, 3.63) is 0 Å². The quantitative estimate of drug-likeness (QED) is 0.668. The average Bonchev–Trinajstić information content (AvgIpc) is 2.28. The predicted octanol–water partition coefficient (Wildman–Crippen LogP) is 1.92. The maximum absolute atomic E-state index is 9.30. The number of hydrogen-bond acceptors (Lipinski definition) is 3. The van der Waals surface area contributed by atoms with Crippen LogP contribution in [0, 0.1) is 11.8 Å². The van der Waals surface area contributed by atoms with E-state index in [9.17, 15) is 10.2 Å². The fourth-order valence-corrected chi connectivity index (χ4v) is 2.94. The van der Waals surface area contributed by atoms with Crippen LogP contribution in [0.4, 0.5) is 0 Å². The number of aliphatic hydroxyl groups excluding tert-OH is 2. The molecule has 17 heavy (non-hydrogen) atoms. The number of aliphatic hydroxyl groups is 2.